The van der Waals surface area contributed by atoms with Crippen LogP contribution in [0.1, 0.15) is 39.5 Å². The van der Waals surface area contributed by atoms with Crippen LogP contribution in [-0.4, -0.2) is 12.2 Å². The second kappa shape index (κ2) is 4.39. The Labute approximate surface area is 70.6 Å². The molecule has 0 aromatic heterocycles. The Bertz CT molecular complexity index is 111. The van der Waals surface area contributed by atoms with Gasteiger partial charge in [-0.1, -0.05) is 26.7 Å². The Morgan fingerprint density at radius 1 is 1.45 bits per heavy atom. The lowest BCUT2D eigenvalue weighted by Crippen LogP contribution is -2.29. The maximum absolute atomic E-state index is 5.60. The second-order valence-electron chi connectivity index (χ2n) is 3.11. The largest absolute Gasteiger partial charge is 0.333 e. The van der Waals surface area contributed by atoms with Crippen molar-refractivity contribution < 1.29 is 9.05 Å². The van der Waals surface area contributed by atoms with Gasteiger partial charge in [-0.2, -0.15) is 0 Å². The van der Waals surface area contributed by atoms with Gasteiger partial charge in [-0.05, 0) is 12.8 Å². The highest BCUT2D eigenvalue weighted by atomic mass is 31.1. The van der Waals surface area contributed by atoms with Crippen LogP contribution in [0, 0.1) is 0 Å². The van der Waals surface area contributed by atoms with Crippen LogP contribution < -0.4 is 0 Å². The molecule has 2 atom stereocenters. The molecular formula is C8H17O2P. The summed E-state index contributed by atoms with van der Waals surface area (Å²) < 4.78 is 10.9. The molecule has 11 heavy (non-hydrogen) atoms. The van der Waals surface area contributed by atoms with E-state index in [1.165, 1.54) is 12.8 Å². The van der Waals surface area contributed by atoms with Gasteiger partial charge in [0.05, 0.1) is 12.2 Å². The fourth-order valence-electron chi connectivity index (χ4n) is 1.28. The van der Waals surface area contributed by atoms with Gasteiger partial charge in [0.2, 0.25) is 0 Å². The molecule has 0 amide bonds. The molecule has 2 unspecified atom stereocenters. The van der Waals surface area contributed by atoms with E-state index in [1.807, 2.05) is 0 Å². The Morgan fingerprint density at radius 2 is 2.27 bits per heavy atom. The third-order valence-electron chi connectivity index (χ3n) is 2.28. The van der Waals surface area contributed by atoms with Crippen molar-refractivity contribution in [1.29, 1.82) is 0 Å². The fourth-order valence-corrected chi connectivity index (χ4v) is 2.14. The molecule has 0 aromatic carbocycles. The molecule has 1 heterocycles. The summed E-state index contributed by atoms with van der Waals surface area (Å²) >= 11 is 0. The van der Waals surface area contributed by atoms with Gasteiger partial charge in [-0.25, -0.2) is 0 Å². The van der Waals surface area contributed by atoms with Gasteiger partial charge in [-0.3, -0.25) is 0 Å². The Morgan fingerprint density at radius 3 is 2.73 bits per heavy atom. The smallest absolute Gasteiger partial charge is 0.155 e. The number of rotatable bonds is 4. The summed E-state index contributed by atoms with van der Waals surface area (Å²) in [5.41, 5.74) is 0.0778. The first-order chi connectivity index (χ1) is 5.33. The maximum Gasteiger partial charge on any atom is 0.155 e. The van der Waals surface area contributed by atoms with E-state index in [0.29, 0.717) is 0 Å². The average Bonchev–Trinajstić information content (AvgIpc) is 2.50. The first-order valence-corrected chi connectivity index (χ1v) is 5.19. The van der Waals surface area contributed by atoms with Crippen LogP contribution in [0.3, 0.4) is 0 Å². The molecule has 0 N–H and O–H groups in total. The lowest BCUT2D eigenvalue weighted by Gasteiger charge is -2.23. The predicted octanol–water partition coefficient (Wildman–Crippen LogP) is 2.88. The summed E-state index contributed by atoms with van der Waals surface area (Å²) in [6.45, 7) is 5.19. The van der Waals surface area contributed by atoms with Crippen molar-refractivity contribution in [2.45, 2.75) is 45.1 Å². The molecule has 0 aromatic rings. The highest BCUT2D eigenvalue weighted by Crippen LogP contribution is 2.39. The number of unbranched alkanes of at least 4 members (excludes halogenated alkanes) is 1. The maximum atomic E-state index is 5.60. The van der Waals surface area contributed by atoms with Gasteiger partial charge in [0.1, 0.15) is 0 Å². The molecule has 1 aliphatic heterocycles. The summed E-state index contributed by atoms with van der Waals surface area (Å²) in [6.07, 6.45) is 4.74. The van der Waals surface area contributed by atoms with Crippen molar-refractivity contribution in [3.05, 3.63) is 0 Å². The van der Waals surface area contributed by atoms with E-state index in [4.69, 9.17) is 9.05 Å². The average molecular weight is 176 g/mol. The topological polar surface area (TPSA) is 18.5 Å². The van der Waals surface area contributed by atoms with E-state index in [2.05, 4.69) is 13.8 Å². The lowest BCUT2D eigenvalue weighted by molar-refractivity contribution is 0.0809. The monoisotopic (exact) mass is 176 g/mol. The highest BCUT2D eigenvalue weighted by molar-refractivity contribution is 7.26. The van der Waals surface area contributed by atoms with Gasteiger partial charge in [0.15, 0.2) is 9.03 Å². The van der Waals surface area contributed by atoms with Crippen molar-refractivity contribution in [3.8, 4) is 0 Å². The van der Waals surface area contributed by atoms with Crippen molar-refractivity contribution in [2.75, 3.05) is 6.61 Å². The minimum atomic E-state index is 0.0778. The normalized spacial score (nSPS) is 33.3. The van der Waals surface area contributed by atoms with Gasteiger partial charge in [-0.15, -0.1) is 0 Å². The minimum Gasteiger partial charge on any atom is -0.333 e. The molecular weight excluding hydrogens is 159 g/mol. The second-order valence-corrected chi connectivity index (χ2v) is 3.77. The van der Waals surface area contributed by atoms with Gasteiger partial charge >= 0.3 is 0 Å². The summed E-state index contributed by atoms with van der Waals surface area (Å²) in [5, 5.41) is 0. The molecule has 1 rings (SSSR count). The van der Waals surface area contributed by atoms with Crippen LogP contribution in [0.15, 0.2) is 0 Å². The van der Waals surface area contributed by atoms with Crippen LogP contribution in [0.4, 0.5) is 0 Å². The molecule has 0 saturated carbocycles. The first kappa shape index (κ1) is 9.44. The van der Waals surface area contributed by atoms with E-state index in [9.17, 15) is 0 Å². The molecule has 0 bridgehead atoms. The summed E-state index contributed by atoms with van der Waals surface area (Å²) in [4.78, 5) is 0. The number of hydrogen-bond donors (Lipinski definition) is 0. The highest BCUT2D eigenvalue weighted by Gasteiger charge is 2.33. The predicted molar refractivity (Wildman–Crippen MR) is 47.9 cm³/mol. The van der Waals surface area contributed by atoms with Gasteiger partial charge < -0.3 is 9.05 Å². The third-order valence-corrected chi connectivity index (χ3v) is 3.06. The Balaban J connectivity index is 2.33. The molecule has 0 radical (unpaired) electrons. The Kier molecular flexibility index (Phi) is 3.77. The quantitative estimate of drug-likeness (QED) is 0.613. The van der Waals surface area contributed by atoms with E-state index in [-0.39, 0.29) is 14.6 Å². The minimum absolute atomic E-state index is 0.0778. The number of hydrogen-bond acceptors (Lipinski definition) is 2. The van der Waals surface area contributed by atoms with Crippen LogP contribution in [0.25, 0.3) is 0 Å². The zero-order valence-electron chi connectivity index (χ0n) is 7.35. The molecule has 2 nitrogen and oxygen atoms in total. The zero-order valence-corrected chi connectivity index (χ0v) is 8.35. The van der Waals surface area contributed by atoms with E-state index >= 15 is 0 Å². The third kappa shape index (κ3) is 2.40. The molecule has 1 aliphatic rings. The summed E-state index contributed by atoms with van der Waals surface area (Å²) in [5.74, 6) is 0. The van der Waals surface area contributed by atoms with Crippen LogP contribution in [-0.2, 0) is 9.05 Å². The van der Waals surface area contributed by atoms with Crippen molar-refractivity contribution in [3.63, 3.8) is 0 Å². The van der Waals surface area contributed by atoms with Gasteiger partial charge in [0.25, 0.3) is 0 Å². The van der Waals surface area contributed by atoms with Crippen molar-refractivity contribution >= 4 is 9.03 Å². The SMILES string of the molecule is CCCCC1(CC)COPO1. The summed E-state index contributed by atoms with van der Waals surface area (Å²) in [7, 11) is 0.278. The van der Waals surface area contributed by atoms with Crippen molar-refractivity contribution in [2.24, 2.45) is 0 Å². The molecule has 0 aliphatic carbocycles. The first-order valence-electron chi connectivity index (χ1n) is 4.38. The van der Waals surface area contributed by atoms with E-state index in [1.54, 1.807) is 0 Å². The van der Waals surface area contributed by atoms with Crippen LogP contribution >= 0.6 is 9.03 Å². The lowest BCUT2D eigenvalue weighted by atomic mass is 9.95. The molecule has 66 valence electrons. The molecule has 1 fully saturated rings. The van der Waals surface area contributed by atoms with E-state index < -0.39 is 0 Å². The molecule has 0 spiro atoms. The summed E-state index contributed by atoms with van der Waals surface area (Å²) in [6, 6.07) is 0. The standard InChI is InChI=1S/C8H17O2P/c1-3-5-6-8(4-2)7-9-11-10-8/h11H,3-7H2,1-2H3. The van der Waals surface area contributed by atoms with Crippen molar-refractivity contribution in [1.82, 2.24) is 0 Å². The van der Waals surface area contributed by atoms with E-state index in [0.717, 1.165) is 19.4 Å². The zero-order chi connectivity index (χ0) is 8.16. The van der Waals surface area contributed by atoms with Crippen LogP contribution in [0.2, 0.25) is 0 Å². The molecule has 1 saturated heterocycles. The molecule has 3 heteroatoms. The fraction of sp³-hybridized carbons (Fsp3) is 1.00. The van der Waals surface area contributed by atoms with Crippen LogP contribution in [0.5, 0.6) is 0 Å². The van der Waals surface area contributed by atoms with Gasteiger partial charge in [0, 0.05) is 0 Å². The Hall–Kier alpha value is 0.350.